The molecule has 0 spiro atoms. The van der Waals surface area contributed by atoms with Crippen LogP contribution in [0.4, 0.5) is 13.2 Å². The molecule has 0 aromatic heterocycles. The SMILES string of the molecule is COC(=O)CN(Cc1cc(OC)cc(OC)c1)C(=O)c1ccc(C(F)(F)F)cc1. The Balaban J connectivity index is 2.32. The molecule has 2 aromatic rings. The predicted octanol–water partition coefficient (Wildman–Crippen LogP) is 3.54. The fourth-order valence-corrected chi connectivity index (χ4v) is 2.58. The summed E-state index contributed by atoms with van der Waals surface area (Å²) in [5.74, 6) is -0.315. The first-order chi connectivity index (χ1) is 13.7. The summed E-state index contributed by atoms with van der Waals surface area (Å²) in [6.45, 7) is -0.390. The van der Waals surface area contributed by atoms with E-state index in [4.69, 9.17) is 9.47 Å². The lowest BCUT2D eigenvalue weighted by atomic mass is 10.1. The minimum absolute atomic E-state index is 0.0109. The molecule has 2 aromatic carbocycles. The van der Waals surface area contributed by atoms with E-state index in [0.717, 1.165) is 24.3 Å². The molecule has 0 saturated heterocycles. The monoisotopic (exact) mass is 411 g/mol. The van der Waals surface area contributed by atoms with E-state index in [1.165, 1.54) is 26.2 Å². The summed E-state index contributed by atoms with van der Waals surface area (Å²) in [5.41, 5.74) is -0.256. The summed E-state index contributed by atoms with van der Waals surface area (Å²) < 4.78 is 53.2. The summed E-state index contributed by atoms with van der Waals surface area (Å²) in [5, 5.41) is 0. The van der Waals surface area contributed by atoms with Gasteiger partial charge in [0.2, 0.25) is 0 Å². The number of ether oxygens (including phenoxy) is 3. The van der Waals surface area contributed by atoms with Crippen molar-refractivity contribution in [1.29, 1.82) is 0 Å². The van der Waals surface area contributed by atoms with Crippen LogP contribution in [0.15, 0.2) is 42.5 Å². The second-order valence-corrected chi connectivity index (χ2v) is 6.03. The van der Waals surface area contributed by atoms with Crippen molar-refractivity contribution >= 4 is 11.9 Å². The Morgan fingerprint density at radius 3 is 1.93 bits per heavy atom. The Morgan fingerprint density at radius 1 is 0.931 bits per heavy atom. The number of halogens is 3. The fraction of sp³-hybridized carbons (Fsp3) is 0.300. The molecule has 0 atom stereocenters. The summed E-state index contributed by atoms with van der Waals surface area (Å²) >= 11 is 0. The average Bonchev–Trinajstić information content (AvgIpc) is 2.71. The molecule has 2 rings (SSSR count). The minimum atomic E-state index is -4.51. The summed E-state index contributed by atoms with van der Waals surface area (Å²) in [7, 11) is 4.12. The van der Waals surface area contributed by atoms with Crippen LogP contribution in [0.25, 0.3) is 0 Å². The quantitative estimate of drug-likeness (QED) is 0.652. The van der Waals surface area contributed by atoms with Crippen LogP contribution < -0.4 is 9.47 Å². The molecule has 29 heavy (non-hydrogen) atoms. The van der Waals surface area contributed by atoms with E-state index in [9.17, 15) is 22.8 Å². The van der Waals surface area contributed by atoms with E-state index in [2.05, 4.69) is 4.74 Å². The van der Waals surface area contributed by atoms with Crippen molar-refractivity contribution in [3.63, 3.8) is 0 Å². The van der Waals surface area contributed by atoms with E-state index < -0.39 is 23.6 Å². The molecule has 0 N–H and O–H groups in total. The van der Waals surface area contributed by atoms with Crippen molar-refractivity contribution in [2.24, 2.45) is 0 Å². The van der Waals surface area contributed by atoms with E-state index in [0.29, 0.717) is 17.1 Å². The predicted molar refractivity (Wildman–Crippen MR) is 97.7 cm³/mol. The third kappa shape index (κ3) is 5.87. The number of esters is 1. The van der Waals surface area contributed by atoms with Gasteiger partial charge >= 0.3 is 12.1 Å². The molecular weight excluding hydrogens is 391 g/mol. The molecule has 0 unspecified atom stereocenters. The van der Waals surface area contributed by atoms with Gasteiger partial charge in [0, 0.05) is 18.2 Å². The molecule has 0 heterocycles. The number of carbonyl (C=O) groups excluding carboxylic acids is 2. The molecule has 9 heteroatoms. The van der Waals surface area contributed by atoms with Gasteiger partial charge in [-0.25, -0.2) is 0 Å². The van der Waals surface area contributed by atoms with E-state index in [-0.39, 0.29) is 18.7 Å². The third-order valence-electron chi connectivity index (χ3n) is 4.08. The number of nitrogens with zero attached hydrogens (tertiary/aromatic N) is 1. The van der Waals surface area contributed by atoms with Crippen LogP contribution in [-0.2, 0) is 22.3 Å². The number of alkyl halides is 3. The number of hydrogen-bond donors (Lipinski definition) is 0. The topological polar surface area (TPSA) is 65.1 Å². The van der Waals surface area contributed by atoms with Crippen LogP contribution in [0.2, 0.25) is 0 Å². The zero-order valence-corrected chi connectivity index (χ0v) is 16.1. The molecule has 0 aliphatic heterocycles. The largest absolute Gasteiger partial charge is 0.497 e. The highest BCUT2D eigenvalue weighted by Crippen LogP contribution is 2.29. The van der Waals surface area contributed by atoms with E-state index >= 15 is 0 Å². The molecule has 0 fully saturated rings. The van der Waals surface area contributed by atoms with Crippen molar-refractivity contribution in [3.05, 3.63) is 59.2 Å². The highest BCUT2D eigenvalue weighted by molar-refractivity contribution is 5.96. The lowest BCUT2D eigenvalue weighted by Gasteiger charge is -2.22. The zero-order chi connectivity index (χ0) is 21.6. The van der Waals surface area contributed by atoms with Crippen molar-refractivity contribution < 1.29 is 37.0 Å². The van der Waals surface area contributed by atoms with Gasteiger partial charge in [0.25, 0.3) is 5.91 Å². The van der Waals surface area contributed by atoms with Gasteiger partial charge in [0.1, 0.15) is 18.0 Å². The zero-order valence-electron chi connectivity index (χ0n) is 16.1. The molecule has 0 bridgehead atoms. The smallest absolute Gasteiger partial charge is 0.416 e. The van der Waals surface area contributed by atoms with Crippen LogP contribution >= 0.6 is 0 Å². The maximum absolute atomic E-state index is 12.8. The molecule has 156 valence electrons. The normalized spacial score (nSPS) is 11.0. The number of amides is 1. The van der Waals surface area contributed by atoms with Crippen LogP contribution in [0.1, 0.15) is 21.5 Å². The molecule has 0 radical (unpaired) electrons. The maximum Gasteiger partial charge on any atom is 0.416 e. The van der Waals surface area contributed by atoms with Gasteiger partial charge in [-0.15, -0.1) is 0 Å². The second kappa shape index (κ2) is 9.31. The Labute approximate surface area is 165 Å². The van der Waals surface area contributed by atoms with Gasteiger partial charge in [-0.3, -0.25) is 9.59 Å². The van der Waals surface area contributed by atoms with Gasteiger partial charge in [-0.1, -0.05) is 0 Å². The molecule has 0 aliphatic carbocycles. The first kappa shape index (κ1) is 22.1. The van der Waals surface area contributed by atoms with Crippen molar-refractivity contribution in [3.8, 4) is 11.5 Å². The highest BCUT2D eigenvalue weighted by Gasteiger charge is 2.30. The number of benzene rings is 2. The van der Waals surface area contributed by atoms with Crippen LogP contribution in [0.5, 0.6) is 11.5 Å². The number of carbonyl (C=O) groups is 2. The fourth-order valence-electron chi connectivity index (χ4n) is 2.58. The maximum atomic E-state index is 12.8. The third-order valence-corrected chi connectivity index (χ3v) is 4.08. The second-order valence-electron chi connectivity index (χ2n) is 6.03. The summed E-state index contributed by atoms with van der Waals surface area (Å²) in [4.78, 5) is 25.8. The Morgan fingerprint density at radius 2 is 1.48 bits per heavy atom. The molecule has 0 aliphatic rings. The molecule has 0 saturated carbocycles. The first-order valence-corrected chi connectivity index (χ1v) is 8.43. The number of hydrogen-bond acceptors (Lipinski definition) is 5. The Bertz CT molecular complexity index is 843. The van der Waals surface area contributed by atoms with Gasteiger partial charge in [-0.05, 0) is 42.0 Å². The lowest BCUT2D eigenvalue weighted by Crippen LogP contribution is -2.35. The van der Waals surface area contributed by atoms with Gasteiger partial charge in [-0.2, -0.15) is 13.2 Å². The summed E-state index contributed by atoms with van der Waals surface area (Å²) in [6.07, 6.45) is -4.51. The lowest BCUT2D eigenvalue weighted by molar-refractivity contribution is -0.141. The summed E-state index contributed by atoms with van der Waals surface area (Å²) in [6, 6.07) is 8.74. The Hall–Kier alpha value is -3.23. The average molecular weight is 411 g/mol. The number of methoxy groups -OCH3 is 3. The van der Waals surface area contributed by atoms with Crippen LogP contribution in [0, 0.1) is 0 Å². The van der Waals surface area contributed by atoms with Crippen molar-refractivity contribution in [2.45, 2.75) is 12.7 Å². The van der Waals surface area contributed by atoms with Gasteiger partial charge < -0.3 is 19.1 Å². The van der Waals surface area contributed by atoms with E-state index in [1.807, 2.05) is 0 Å². The first-order valence-electron chi connectivity index (χ1n) is 8.43. The van der Waals surface area contributed by atoms with Crippen LogP contribution in [-0.4, -0.2) is 44.7 Å². The van der Waals surface area contributed by atoms with Gasteiger partial charge in [0.15, 0.2) is 0 Å². The van der Waals surface area contributed by atoms with Gasteiger partial charge in [0.05, 0.1) is 26.9 Å². The Kier molecular flexibility index (Phi) is 7.08. The highest BCUT2D eigenvalue weighted by atomic mass is 19.4. The van der Waals surface area contributed by atoms with Crippen molar-refractivity contribution in [1.82, 2.24) is 4.90 Å². The van der Waals surface area contributed by atoms with E-state index in [1.54, 1.807) is 18.2 Å². The van der Waals surface area contributed by atoms with Crippen molar-refractivity contribution in [2.75, 3.05) is 27.9 Å². The molecular formula is C20H20F3NO5. The minimum Gasteiger partial charge on any atom is -0.497 e. The molecule has 6 nitrogen and oxygen atoms in total. The molecule has 1 amide bonds. The van der Waals surface area contributed by atoms with Crippen LogP contribution in [0.3, 0.4) is 0 Å². The standard InChI is InChI=1S/C20H20F3NO5/c1-27-16-8-13(9-17(10-16)28-2)11-24(12-18(25)29-3)19(26)14-4-6-15(7-5-14)20(21,22)23/h4-10H,11-12H2,1-3H3. The number of rotatable bonds is 7.